The van der Waals surface area contributed by atoms with Crippen LogP contribution < -0.4 is 15.1 Å². The summed E-state index contributed by atoms with van der Waals surface area (Å²) in [6.45, 7) is 6.11. The number of piperidine rings is 1. The summed E-state index contributed by atoms with van der Waals surface area (Å²) in [5.74, 6) is 1.55. The maximum absolute atomic E-state index is 14.4. The van der Waals surface area contributed by atoms with Gasteiger partial charge in [0.05, 0.1) is 18.9 Å². The molecule has 0 amide bonds. The lowest BCUT2D eigenvalue weighted by atomic mass is 10.1. The topological polar surface area (TPSA) is 79.3 Å². The van der Waals surface area contributed by atoms with E-state index in [0.29, 0.717) is 37.2 Å². The first kappa shape index (κ1) is 17.8. The number of anilines is 3. The fraction of sp³-hybridized carbons (Fsp3) is 0.556. The largest absolute Gasteiger partial charge is 0.378 e. The Morgan fingerprint density at radius 3 is 2.85 bits per heavy atom. The molecule has 2 aromatic rings. The standard InChI is InChI=1S/C18H24FN7O/c1-13-16(19)17(22-12-21-13)26-6-2-3-14(11-26)23-15-4-5-20-18(24-15)25-7-9-27-10-8-25/h4-5,12,14H,2-3,6-11H2,1H3,(H,20,23,24). The SMILES string of the molecule is Cc1ncnc(N2CCCC(Nc3ccnc(N4CCOCC4)n3)C2)c1F. The van der Waals surface area contributed by atoms with Crippen LogP contribution in [0.3, 0.4) is 0 Å². The third-order valence-corrected chi connectivity index (χ3v) is 4.96. The van der Waals surface area contributed by atoms with Gasteiger partial charge in [-0.25, -0.2) is 19.3 Å². The number of hydrogen-bond acceptors (Lipinski definition) is 8. The van der Waals surface area contributed by atoms with Gasteiger partial charge < -0.3 is 19.9 Å². The smallest absolute Gasteiger partial charge is 0.227 e. The van der Waals surface area contributed by atoms with Gasteiger partial charge in [0.1, 0.15) is 12.1 Å². The Morgan fingerprint density at radius 1 is 1.15 bits per heavy atom. The summed E-state index contributed by atoms with van der Waals surface area (Å²) < 4.78 is 19.8. The normalized spacial score (nSPS) is 20.6. The number of nitrogens with one attached hydrogen (secondary N) is 1. The van der Waals surface area contributed by atoms with Gasteiger partial charge in [-0.05, 0) is 25.8 Å². The lowest BCUT2D eigenvalue weighted by Crippen LogP contribution is -2.43. The van der Waals surface area contributed by atoms with Gasteiger partial charge in [-0.1, -0.05) is 0 Å². The molecule has 144 valence electrons. The monoisotopic (exact) mass is 373 g/mol. The summed E-state index contributed by atoms with van der Waals surface area (Å²) in [6.07, 6.45) is 5.15. The fourth-order valence-corrected chi connectivity index (χ4v) is 3.51. The Kier molecular flexibility index (Phi) is 5.28. The second-order valence-corrected chi connectivity index (χ2v) is 6.87. The molecule has 0 radical (unpaired) electrons. The molecule has 27 heavy (non-hydrogen) atoms. The van der Waals surface area contributed by atoms with Crippen LogP contribution >= 0.6 is 0 Å². The first-order valence-electron chi connectivity index (χ1n) is 9.35. The van der Waals surface area contributed by atoms with Crippen molar-refractivity contribution in [2.75, 3.05) is 54.5 Å². The number of nitrogens with zero attached hydrogens (tertiary/aromatic N) is 6. The predicted octanol–water partition coefficient (Wildman–Crippen LogP) is 1.63. The van der Waals surface area contributed by atoms with Crippen molar-refractivity contribution in [3.8, 4) is 0 Å². The van der Waals surface area contributed by atoms with Crippen LogP contribution in [0.4, 0.5) is 22.0 Å². The Morgan fingerprint density at radius 2 is 2.00 bits per heavy atom. The lowest BCUT2D eigenvalue weighted by Gasteiger charge is -2.34. The van der Waals surface area contributed by atoms with Gasteiger partial charge in [-0.2, -0.15) is 4.98 Å². The van der Waals surface area contributed by atoms with Crippen molar-refractivity contribution in [2.45, 2.75) is 25.8 Å². The second-order valence-electron chi connectivity index (χ2n) is 6.87. The van der Waals surface area contributed by atoms with E-state index < -0.39 is 0 Å². The molecule has 1 N–H and O–H groups in total. The van der Waals surface area contributed by atoms with Crippen LogP contribution in [0.2, 0.25) is 0 Å². The van der Waals surface area contributed by atoms with Gasteiger partial charge in [0.15, 0.2) is 11.6 Å². The molecule has 2 fully saturated rings. The van der Waals surface area contributed by atoms with E-state index in [1.54, 1.807) is 13.1 Å². The van der Waals surface area contributed by atoms with Gasteiger partial charge in [0.25, 0.3) is 0 Å². The molecule has 0 aromatic carbocycles. The van der Waals surface area contributed by atoms with Crippen LogP contribution in [-0.4, -0.2) is 65.4 Å². The number of ether oxygens (including phenoxy) is 1. The molecule has 2 aliphatic rings. The van der Waals surface area contributed by atoms with Gasteiger partial charge in [-0.3, -0.25) is 0 Å². The zero-order chi connectivity index (χ0) is 18.6. The van der Waals surface area contributed by atoms with Crippen LogP contribution in [0.25, 0.3) is 0 Å². The predicted molar refractivity (Wildman–Crippen MR) is 101 cm³/mol. The quantitative estimate of drug-likeness (QED) is 0.866. The number of aromatic nitrogens is 4. The minimum Gasteiger partial charge on any atom is -0.378 e. The molecule has 9 heteroatoms. The van der Waals surface area contributed by atoms with E-state index in [1.165, 1.54) is 6.33 Å². The molecular weight excluding hydrogens is 349 g/mol. The van der Waals surface area contributed by atoms with E-state index in [9.17, 15) is 4.39 Å². The van der Waals surface area contributed by atoms with E-state index in [0.717, 1.165) is 38.3 Å². The molecule has 2 aromatic heterocycles. The number of hydrogen-bond donors (Lipinski definition) is 1. The van der Waals surface area contributed by atoms with Crippen LogP contribution in [0.15, 0.2) is 18.6 Å². The fourth-order valence-electron chi connectivity index (χ4n) is 3.51. The van der Waals surface area contributed by atoms with Gasteiger partial charge in [0, 0.05) is 38.4 Å². The van der Waals surface area contributed by atoms with Crippen molar-refractivity contribution in [1.29, 1.82) is 0 Å². The Balaban J connectivity index is 1.44. The maximum atomic E-state index is 14.4. The first-order valence-corrected chi connectivity index (χ1v) is 9.35. The number of rotatable bonds is 4. The molecule has 4 heterocycles. The Bertz CT molecular complexity index is 784. The van der Waals surface area contributed by atoms with E-state index in [-0.39, 0.29) is 11.9 Å². The van der Waals surface area contributed by atoms with Gasteiger partial charge in [0.2, 0.25) is 5.95 Å². The molecule has 1 atom stereocenters. The van der Waals surface area contributed by atoms with Crippen molar-refractivity contribution >= 4 is 17.6 Å². The highest BCUT2D eigenvalue weighted by Crippen LogP contribution is 2.23. The summed E-state index contributed by atoms with van der Waals surface area (Å²) in [7, 11) is 0. The Labute approximate surface area is 157 Å². The molecule has 2 saturated heterocycles. The minimum atomic E-state index is -0.338. The average molecular weight is 373 g/mol. The number of halogens is 1. The highest BCUT2D eigenvalue weighted by Gasteiger charge is 2.24. The van der Waals surface area contributed by atoms with E-state index in [2.05, 4.69) is 30.2 Å². The third kappa shape index (κ3) is 4.08. The molecule has 1 unspecified atom stereocenters. The van der Waals surface area contributed by atoms with Crippen LogP contribution in [0.5, 0.6) is 0 Å². The lowest BCUT2D eigenvalue weighted by molar-refractivity contribution is 0.122. The molecule has 2 aliphatic heterocycles. The van der Waals surface area contributed by atoms with Gasteiger partial charge in [-0.15, -0.1) is 0 Å². The zero-order valence-electron chi connectivity index (χ0n) is 15.4. The molecule has 0 spiro atoms. The van der Waals surface area contributed by atoms with Crippen LogP contribution in [0.1, 0.15) is 18.5 Å². The Hall–Kier alpha value is -2.55. The summed E-state index contributed by atoms with van der Waals surface area (Å²) in [4.78, 5) is 21.2. The maximum Gasteiger partial charge on any atom is 0.227 e. The van der Waals surface area contributed by atoms with Gasteiger partial charge >= 0.3 is 0 Å². The van der Waals surface area contributed by atoms with Crippen LogP contribution in [0, 0.1) is 12.7 Å². The average Bonchev–Trinajstić information content (AvgIpc) is 2.71. The first-order chi connectivity index (χ1) is 13.2. The minimum absolute atomic E-state index is 0.167. The van der Waals surface area contributed by atoms with Crippen molar-refractivity contribution < 1.29 is 9.13 Å². The third-order valence-electron chi connectivity index (χ3n) is 4.96. The highest BCUT2D eigenvalue weighted by atomic mass is 19.1. The van der Waals surface area contributed by atoms with Crippen molar-refractivity contribution in [3.63, 3.8) is 0 Å². The molecule has 8 nitrogen and oxygen atoms in total. The summed E-state index contributed by atoms with van der Waals surface area (Å²) in [5.41, 5.74) is 0.376. The highest BCUT2D eigenvalue weighted by molar-refractivity contribution is 5.45. The second kappa shape index (κ2) is 7.99. The molecular formula is C18H24FN7O. The van der Waals surface area contributed by atoms with Crippen molar-refractivity contribution in [3.05, 3.63) is 30.1 Å². The number of morpholine rings is 1. The molecule has 0 bridgehead atoms. The van der Waals surface area contributed by atoms with E-state index in [1.807, 2.05) is 11.0 Å². The van der Waals surface area contributed by atoms with Crippen molar-refractivity contribution in [2.24, 2.45) is 0 Å². The van der Waals surface area contributed by atoms with E-state index in [4.69, 9.17) is 4.74 Å². The van der Waals surface area contributed by atoms with Crippen LogP contribution in [-0.2, 0) is 4.74 Å². The molecule has 0 aliphatic carbocycles. The number of aryl methyl sites for hydroxylation is 1. The van der Waals surface area contributed by atoms with Crippen molar-refractivity contribution in [1.82, 2.24) is 19.9 Å². The summed E-state index contributed by atoms with van der Waals surface area (Å²) in [5, 5.41) is 3.48. The van der Waals surface area contributed by atoms with E-state index >= 15 is 0 Å². The molecule has 0 saturated carbocycles. The zero-order valence-corrected chi connectivity index (χ0v) is 15.4. The summed E-state index contributed by atoms with van der Waals surface area (Å²) >= 11 is 0. The molecule has 4 rings (SSSR count). The summed E-state index contributed by atoms with van der Waals surface area (Å²) in [6, 6.07) is 2.04.